The van der Waals surface area contributed by atoms with Gasteiger partial charge in [-0.2, -0.15) is 4.98 Å². The number of amides is 1. The fourth-order valence-corrected chi connectivity index (χ4v) is 5.08. The minimum atomic E-state index is -0.829. The summed E-state index contributed by atoms with van der Waals surface area (Å²) in [6, 6.07) is 11.4. The summed E-state index contributed by atoms with van der Waals surface area (Å²) < 4.78 is 19.7. The van der Waals surface area contributed by atoms with Crippen molar-refractivity contribution < 1.29 is 13.9 Å². The second-order valence-electron chi connectivity index (χ2n) is 10.6. The molecule has 1 amide bonds. The van der Waals surface area contributed by atoms with Crippen LogP contribution in [0.15, 0.2) is 42.6 Å². The lowest BCUT2D eigenvalue weighted by Gasteiger charge is -2.34. The maximum Gasteiger partial charge on any atom is 0.268 e. The molecule has 2 aromatic carbocycles. The van der Waals surface area contributed by atoms with E-state index < -0.39 is 12.1 Å². The van der Waals surface area contributed by atoms with Gasteiger partial charge in [0.1, 0.15) is 5.56 Å². The molecule has 0 fully saturated rings. The number of nitrogens with zero attached hydrogens (tertiary/aromatic N) is 3. The number of hydrogen-bond donors (Lipinski definition) is 2. The van der Waals surface area contributed by atoms with Gasteiger partial charge >= 0.3 is 0 Å². The Balaban J connectivity index is 1.41. The third-order valence-corrected chi connectivity index (χ3v) is 7.16. The number of anilines is 3. The first kappa shape index (κ1) is 24.5. The van der Waals surface area contributed by atoms with Crippen molar-refractivity contribution in [3.05, 3.63) is 69.9 Å². The summed E-state index contributed by atoms with van der Waals surface area (Å²) in [6.07, 6.45) is 1.44. The number of fused-ring (bicyclic) bond motifs is 2. The van der Waals surface area contributed by atoms with Gasteiger partial charge in [0.2, 0.25) is 11.8 Å². The normalized spacial score (nSPS) is 16.7. The van der Waals surface area contributed by atoms with Crippen molar-refractivity contribution >= 4 is 34.8 Å². The zero-order valence-electron chi connectivity index (χ0n) is 20.8. The highest BCUT2D eigenvalue weighted by Gasteiger charge is 2.35. The highest BCUT2D eigenvalue weighted by Crippen LogP contribution is 2.40. The predicted molar refractivity (Wildman–Crippen MR) is 139 cm³/mol. The second-order valence-corrected chi connectivity index (χ2v) is 11.0. The van der Waals surface area contributed by atoms with E-state index in [0.717, 1.165) is 18.8 Å². The maximum absolute atomic E-state index is 13.8. The van der Waals surface area contributed by atoms with E-state index in [1.54, 1.807) is 32.0 Å². The average Bonchev–Trinajstić information content (AvgIpc) is 2.84. The van der Waals surface area contributed by atoms with Crippen LogP contribution < -0.4 is 20.3 Å². The van der Waals surface area contributed by atoms with Gasteiger partial charge < -0.3 is 15.4 Å². The molecule has 0 saturated heterocycles. The lowest BCUT2D eigenvalue weighted by molar-refractivity contribution is 0.0932. The first-order valence-corrected chi connectivity index (χ1v) is 12.3. The average molecular weight is 510 g/mol. The molecule has 188 valence electrons. The van der Waals surface area contributed by atoms with E-state index in [1.165, 1.54) is 22.2 Å². The van der Waals surface area contributed by atoms with Gasteiger partial charge in [-0.25, -0.2) is 4.98 Å². The number of rotatable bonds is 5. The van der Waals surface area contributed by atoms with Crippen molar-refractivity contribution in [1.82, 2.24) is 15.3 Å². The van der Waals surface area contributed by atoms with Crippen molar-refractivity contribution in [1.29, 1.82) is 0 Å². The van der Waals surface area contributed by atoms with E-state index in [0.29, 0.717) is 22.2 Å². The second kappa shape index (κ2) is 9.01. The number of alkyl halides is 1. The summed E-state index contributed by atoms with van der Waals surface area (Å²) >= 11 is 6.48. The smallest absolute Gasteiger partial charge is 0.268 e. The third-order valence-electron chi connectivity index (χ3n) is 6.85. The molecule has 5 rings (SSSR count). The molecular weight excluding hydrogens is 481 g/mol. The number of carbonyl (C=O) groups excluding carboxylic acids is 1. The lowest BCUT2D eigenvalue weighted by atomic mass is 9.79. The molecule has 0 bridgehead atoms. The molecule has 0 unspecified atom stereocenters. The zero-order valence-corrected chi connectivity index (χ0v) is 21.5. The Labute approximate surface area is 215 Å². The van der Waals surface area contributed by atoms with Crippen LogP contribution in [-0.4, -0.2) is 35.8 Å². The first-order valence-electron chi connectivity index (χ1n) is 11.9. The Bertz CT molecular complexity index is 1340. The van der Waals surface area contributed by atoms with Crippen LogP contribution in [-0.2, 0) is 17.4 Å². The molecule has 9 heteroatoms. The lowest BCUT2D eigenvalue weighted by Crippen LogP contribution is -2.41. The van der Waals surface area contributed by atoms with Gasteiger partial charge in [0.15, 0.2) is 6.73 Å². The molecule has 2 aliphatic rings. The minimum absolute atomic E-state index is 0.0649. The van der Waals surface area contributed by atoms with Gasteiger partial charge in [-0.05, 0) is 34.9 Å². The number of nitrogens with one attached hydrogen (secondary N) is 2. The van der Waals surface area contributed by atoms with Gasteiger partial charge in [0, 0.05) is 35.8 Å². The van der Waals surface area contributed by atoms with E-state index in [-0.39, 0.29) is 29.5 Å². The molecule has 3 aromatic rings. The molecule has 3 heterocycles. The molecule has 7 nitrogen and oxygen atoms in total. The van der Waals surface area contributed by atoms with Gasteiger partial charge in [-0.1, -0.05) is 57.5 Å². The molecule has 0 spiro atoms. The van der Waals surface area contributed by atoms with E-state index in [9.17, 15) is 9.18 Å². The Morgan fingerprint density at radius 3 is 2.86 bits per heavy atom. The highest BCUT2D eigenvalue weighted by atomic mass is 35.5. The standard InChI is InChI=1S/C27H29ClFN5O2/c1-26(2,13-29)20-6-5-7-21(28)22(20)34-15-36-23-18(24(34)35)12-31-25(33-23)32-17-8-9-19-16(10-17)11-30-14-27(19,3)4/h5-10,12,30H,11,13-15H2,1-4H3,(H,31,32,33). The van der Waals surface area contributed by atoms with Crippen molar-refractivity contribution in [2.45, 2.75) is 45.1 Å². The summed E-state index contributed by atoms with van der Waals surface area (Å²) in [4.78, 5) is 23.6. The van der Waals surface area contributed by atoms with Crippen molar-refractivity contribution in [2.75, 3.05) is 30.2 Å². The molecule has 2 aliphatic heterocycles. The largest absolute Gasteiger partial charge is 0.455 e. The van der Waals surface area contributed by atoms with Gasteiger partial charge in [-0.15, -0.1) is 0 Å². The quantitative estimate of drug-likeness (QED) is 0.473. The predicted octanol–water partition coefficient (Wildman–Crippen LogP) is 5.50. The third kappa shape index (κ3) is 4.29. The highest BCUT2D eigenvalue weighted by molar-refractivity contribution is 6.34. The van der Waals surface area contributed by atoms with E-state index in [2.05, 4.69) is 46.6 Å². The van der Waals surface area contributed by atoms with Crippen LogP contribution >= 0.6 is 11.6 Å². The van der Waals surface area contributed by atoms with Gasteiger partial charge in [0.25, 0.3) is 5.91 Å². The molecule has 2 N–H and O–H groups in total. The Kier molecular flexibility index (Phi) is 6.12. The Hall–Kier alpha value is -3.23. The summed E-state index contributed by atoms with van der Waals surface area (Å²) in [6.45, 7) is 9.02. The number of aromatic nitrogens is 2. The van der Waals surface area contributed by atoms with Crippen LogP contribution in [0.25, 0.3) is 0 Å². The molecule has 36 heavy (non-hydrogen) atoms. The fourth-order valence-electron chi connectivity index (χ4n) is 4.80. The molecule has 0 radical (unpaired) electrons. The van der Waals surface area contributed by atoms with Gasteiger partial charge in [0.05, 0.1) is 17.4 Å². The summed E-state index contributed by atoms with van der Waals surface area (Å²) in [5.41, 5.74) is 3.91. The van der Waals surface area contributed by atoms with Crippen molar-refractivity contribution in [3.8, 4) is 5.88 Å². The van der Waals surface area contributed by atoms with E-state index in [4.69, 9.17) is 16.3 Å². The van der Waals surface area contributed by atoms with E-state index in [1.807, 2.05) is 6.07 Å². The molecule has 0 saturated carbocycles. The number of halogens is 2. The number of benzene rings is 2. The molecule has 1 aromatic heterocycles. The number of ether oxygens (including phenoxy) is 1. The monoisotopic (exact) mass is 509 g/mol. The van der Waals surface area contributed by atoms with Crippen LogP contribution in [0.3, 0.4) is 0 Å². The van der Waals surface area contributed by atoms with Crippen molar-refractivity contribution in [2.24, 2.45) is 0 Å². The molecule has 0 atom stereocenters. The fraction of sp³-hybridized carbons (Fsp3) is 0.370. The zero-order chi connectivity index (χ0) is 25.7. The van der Waals surface area contributed by atoms with Crippen LogP contribution in [0.5, 0.6) is 5.88 Å². The minimum Gasteiger partial charge on any atom is -0.455 e. The first-order chi connectivity index (χ1) is 17.1. The SMILES string of the molecule is CC1(C)CNCc2cc(Nc3ncc4c(n3)OCN(c3c(Cl)cccc3C(C)(C)CF)C4=O)ccc21. The molecular formula is C27H29ClFN5O2. The molecule has 0 aliphatic carbocycles. The number of para-hydroxylation sites is 1. The number of hydrogen-bond acceptors (Lipinski definition) is 6. The summed E-state index contributed by atoms with van der Waals surface area (Å²) in [5, 5.41) is 7.02. The Morgan fingerprint density at radius 2 is 2.08 bits per heavy atom. The summed E-state index contributed by atoms with van der Waals surface area (Å²) in [5.74, 6) is 0.164. The maximum atomic E-state index is 13.8. The summed E-state index contributed by atoms with van der Waals surface area (Å²) in [7, 11) is 0. The van der Waals surface area contributed by atoms with Gasteiger partial charge in [-0.3, -0.25) is 14.1 Å². The van der Waals surface area contributed by atoms with Crippen LogP contribution in [0.4, 0.5) is 21.7 Å². The van der Waals surface area contributed by atoms with Crippen molar-refractivity contribution in [3.63, 3.8) is 0 Å². The van der Waals surface area contributed by atoms with E-state index >= 15 is 0 Å². The van der Waals surface area contributed by atoms with Crippen LogP contribution in [0.2, 0.25) is 5.02 Å². The Morgan fingerprint density at radius 1 is 1.28 bits per heavy atom. The van der Waals surface area contributed by atoms with Crippen LogP contribution in [0.1, 0.15) is 54.7 Å². The topological polar surface area (TPSA) is 79.4 Å². The van der Waals surface area contributed by atoms with Crippen LogP contribution in [0, 0.1) is 0 Å². The number of carbonyl (C=O) groups is 1.